The second-order valence-electron chi connectivity index (χ2n) is 4.30. The highest BCUT2D eigenvalue weighted by molar-refractivity contribution is 5.39. The van der Waals surface area contributed by atoms with Crippen LogP contribution in [-0.2, 0) is 6.42 Å². The van der Waals surface area contributed by atoms with Gasteiger partial charge in [0.05, 0.1) is 13.7 Å². The lowest BCUT2D eigenvalue weighted by Crippen LogP contribution is -2.50. The highest BCUT2D eigenvalue weighted by Gasteiger charge is 2.20. The first-order valence-corrected chi connectivity index (χ1v) is 5.81. The zero-order chi connectivity index (χ0) is 10.7. The molecule has 2 nitrogen and oxygen atoms in total. The summed E-state index contributed by atoms with van der Waals surface area (Å²) in [5, 5.41) is 0. The van der Waals surface area contributed by atoms with Crippen molar-refractivity contribution in [3.8, 4) is 5.75 Å². The van der Waals surface area contributed by atoms with E-state index in [9.17, 15) is 0 Å². The summed E-state index contributed by atoms with van der Waals surface area (Å²) in [5.41, 5.74) is 6.98. The first kappa shape index (κ1) is 10.5. The lowest BCUT2D eigenvalue weighted by molar-refractivity contribution is -0.369. The molecule has 0 heterocycles. The number of hydrogen-bond acceptors (Lipinski definition) is 1. The van der Waals surface area contributed by atoms with Gasteiger partial charge in [0.15, 0.2) is 0 Å². The van der Waals surface area contributed by atoms with Crippen LogP contribution >= 0.6 is 0 Å². The number of methoxy groups -OCH3 is 1. The van der Waals surface area contributed by atoms with Gasteiger partial charge in [0.2, 0.25) is 0 Å². The van der Waals surface area contributed by atoms with Crippen LogP contribution in [0.3, 0.4) is 0 Å². The van der Waals surface area contributed by atoms with Crippen molar-refractivity contribution in [2.45, 2.75) is 31.6 Å². The summed E-state index contributed by atoms with van der Waals surface area (Å²) in [6.45, 7) is 1.03. The van der Waals surface area contributed by atoms with Crippen molar-refractivity contribution in [2.24, 2.45) is 0 Å². The van der Waals surface area contributed by atoms with E-state index in [0.29, 0.717) is 5.92 Å². The fourth-order valence-corrected chi connectivity index (χ4v) is 2.55. The van der Waals surface area contributed by atoms with E-state index in [1.165, 1.54) is 36.8 Å². The highest BCUT2D eigenvalue weighted by atomic mass is 16.5. The summed E-state index contributed by atoms with van der Waals surface area (Å²) >= 11 is 0. The standard InChI is InChI=1S/C13H19NO/c1-15-12-6-5-10-3-2-4-11(7-8-14)13(10)9-12/h5-6,9,11H,2-4,7-8,14H2,1H3/p+1. The van der Waals surface area contributed by atoms with Gasteiger partial charge in [-0.05, 0) is 48.4 Å². The van der Waals surface area contributed by atoms with E-state index in [0.717, 1.165) is 12.3 Å². The summed E-state index contributed by atoms with van der Waals surface area (Å²) < 4.78 is 5.29. The third kappa shape index (κ3) is 2.15. The molecule has 0 bridgehead atoms. The second-order valence-corrected chi connectivity index (χ2v) is 4.30. The molecule has 1 unspecified atom stereocenters. The Bertz CT molecular complexity index is 335. The molecule has 0 fully saturated rings. The van der Waals surface area contributed by atoms with Crippen molar-refractivity contribution < 1.29 is 10.5 Å². The van der Waals surface area contributed by atoms with E-state index in [-0.39, 0.29) is 0 Å². The molecule has 1 aliphatic carbocycles. The summed E-state index contributed by atoms with van der Waals surface area (Å²) in [6.07, 6.45) is 5.08. The van der Waals surface area contributed by atoms with Crippen molar-refractivity contribution in [3.63, 3.8) is 0 Å². The largest absolute Gasteiger partial charge is 0.497 e. The number of benzene rings is 1. The Morgan fingerprint density at radius 2 is 2.33 bits per heavy atom. The van der Waals surface area contributed by atoms with Crippen LogP contribution in [0, 0.1) is 0 Å². The molecule has 0 spiro atoms. The van der Waals surface area contributed by atoms with Crippen LogP contribution in [0.5, 0.6) is 5.75 Å². The monoisotopic (exact) mass is 206 g/mol. The van der Waals surface area contributed by atoms with Crippen LogP contribution in [0.4, 0.5) is 0 Å². The minimum Gasteiger partial charge on any atom is -0.497 e. The van der Waals surface area contributed by atoms with E-state index in [1.54, 1.807) is 7.11 Å². The Balaban J connectivity index is 2.30. The normalized spacial score (nSPS) is 19.7. The lowest BCUT2D eigenvalue weighted by Gasteiger charge is -2.25. The van der Waals surface area contributed by atoms with Crippen LogP contribution in [0.1, 0.15) is 36.3 Å². The quantitative estimate of drug-likeness (QED) is 0.803. The predicted octanol–water partition coefficient (Wildman–Crippen LogP) is 1.75. The van der Waals surface area contributed by atoms with Gasteiger partial charge in [-0.15, -0.1) is 0 Å². The van der Waals surface area contributed by atoms with Gasteiger partial charge < -0.3 is 10.5 Å². The topological polar surface area (TPSA) is 36.9 Å². The SMILES string of the molecule is COc1ccc2c(c1)C(CC[NH3+])CCC2. The molecule has 0 aliphatic heterocycles. The minimum atomic E-state index is 0.710. The number of aryl methyl sites for hydroxylation is 1. The number of rotatable bonds is 3. The van der Waals surface area contributed by atoms with E-state index < -0.39 is 0 Å². The van der Waals surface area contributed by atoms with Crippen LogP contribution in [0.2, 0.25) is 0 Å². The third-order valence-electron chi connectivity index (χ3n) is 3.34. The summed E-state index contributed by atoms with van der Waals surface area (Å²) in [5.74, 6) is 1.70. The van der Waals surface area contributed by atoms with Gasteiger partial charge in [0.25, 0.3) is 0 Å². The molecule has 0 amide bonds. The van der Waals surface area contributed by atoms with Crippen LogP contribution in [-0.4, -0.2) is 13.7 Å². The molecule has 2 heteroatoms. The summed E-state index contributed by atoms with van der Waals surface area (Å²) in [4.78, 5) is 0. The molecule has 3 N–H and O–H groups in total. The average molecular weight is 206 g/mol. The van der Waals surface area contributed by atoms with Crippen molar-refractivity contribution >= 4 is 0 Å². The molecule has 1 aromatic rings. The van der Waals surface area contributed by atoms with Crippen molar-refractivity contribution in [3.05, 3.63) is 29.3 Å². The first-order valence-electron chi connectivity index (χ1n) is 5.81. The molecule has 82 valence electrons. The predicted molar refractivity (Wildman–Crippen MR) is 61.0 cm³/mol. The summed E-state index contributed by atoms with van der Waals surface area (Å²) in [6, 6.07) is 6.52. The maximum atomic E-state index is 5.29. The van der Waals surface area contributed by atoms with Crippen molar-refractivity contribution in [2.75, 3.05) is 13.7 Å². The lowest BCUT2D eigenvalue weighted by atomic mass is 9.81. The zero-order valence-corrected chi connectivity index (χ0v) is 9.46. The number of ether oxygens (including phenoxy) is 1. The fraction of sp³-hybridized carbons (Fsp3) is 0.538. The van der Waals surface area contributed by atoms with Crippen molar-refractivity contribution in [1.29, 1.82) is 0 Å². The number of hydrogen-bond donors (Lipinski definition) is 1. The fourth-order valence-electron chi connectivity index (χ4n) is 2.55. The smallest absolute Gasteiger partial charge is 0.119 e. The van der Waals surface area contributed by atoms with Gasteiger partial charge >= 0.3 is 0 Å². The van der Waals surface area contributed by atoms with Gasteiger partial charge in [-0.2, -0.15) is 0 Å². The molecule has 0 radical (unpaired) electrons. The Kier molecular flexibility index (Phi) is 3.27. The zero-order valence-electron chi connectivity index (χ0n) is 9.46. The van der Waals surface area contributed by atoms with Crippen LogP contribution in [0.25, 0.3) is 0 Å². The highest BCUT2D eigenvalue weighted by Crippen LogP contribution is 2.35. The van der Waals surface area contributed by atoms with Gasteiger partial charge in [0.1, 0.15) is 5.75 Å². The molecule has 1 aliphatic rings. The van der Waals surface area contributed by atoms with Crippen LogP contribution < -0.4 is 10.5 Å². The molecular formula is C13H20NO+. The molecule has 0 saturated heterocycles. The van der Waals surface area contributed by atoms with Gasteiger partial charge in [0, 0.05) is 6.42 Å². The number of fused-ring (bicyclic) bond motifs is 1. The van der Waals surface area contributed by atoms with Gasteiger partial charge in [-0.3, -0.25) is 0 Å². The van der Waals surface area contributed by atoms with E-state index in [2.05, 4.69) is 23.9 Å². The third-order valence-corrected chi connectivity index (χ3v) is 3.34. The Hall–Kier alpha value is -1.02. The Labute approximate surface area is 91.4 Å². The van der Waals surface area contributed by atoms with Gasteiger partial charge in [-0.1, -0.05) is 6.07 Å². The van der Waals surface area contributed by atoms with Crippen LogP contribution in [0.15, 0.2) is 18.2 Å². The van der Waals surface area contributed by atoms with Crippen molar-refractivity contribution in [1.82, 2.24) is 0 Å². The molecule has 1 aromatic carbocycles. The molecule has 1 atom stereocenters. The molecule has 2 rings (SSSR count). The molecular weight excluding hydrogens is 186 g/mol. The van der Waals surface area contributed by atoms with E-state index >= 15 is 0 Å². The average Bonchev–Trinajstić information content (AvgIpc) is 2.29. The molecule has 15 heavy (non-hydrogen) atoms. The molecule has 0 aromatic heterocycles. The van der Waals surface area contributed by atoms with E-state index in [4.69, 9.17) is 4.74 Å². The summed E-state index contributed by atoms with van der Waals surface area (Å²) in [7, 11) is 1.74. The Morgan fingerprint density at radius 1 is 1.47 bits per heavy atom. The first-order chi connectivity index (χ1) is 7.35. The second kappa shape index (κ2) is 4.67. The Morgan fingerprint density at radius 3 is 3.07 bits per heavy atom. The number of quaternary nitrogens is 1. The minimum absolute atomic E-state index is 0.710. The maximum absolute atomic E-state index is 5.29. The van der Waals surface area contributed by atoms with E-state index in [1.807, 2.05) is 0 Å². The maximum Gasteiger partial charge on any atom is 0.119 e. The van der Waals surface area contributed by atoms with Gasteiger partial charge in [-0.25, -0.2) is 0 Å². The molecule has 0 saturated carbocycles.